The Morgan fingerprint density at radius 1 is 1.28 bits per heavy atom. The number of benzene rings is 1. The summed E-state index contributed by atoms with van der Waals surface area (Å²) in [4.78, 5) is 0. The molecular formula is C10H13BrF2N2O2S. The third kappa shape index (κ3) is 4.51. The summed E-state index contributed by atoms with van der Waals surface area (Å²) in [5.41, 5.74) is -0.438. The van der Waals surface area contributed by atoms with Gasteiger partial charge in [-0.25, -0.2) is 8.78 Å². The maximum Gasteiger partial charge on any atom is 0.299 e. The fourth-order valence-electron chi connectivity index (χ4n) is 1.06. The van der Waals surface area contributed by atoms with Crippen molar-refractivity contribution in [1.29, 1.82) is 0 Å². The van der Waals surface area contributed by atoms with E-state index in [9.17, 15) is 17.2 Å². The molecule has 102 valence electrons. The van der Waals surface area contributed by atoms with Crippen LogP contribution in [0.15, 0.2) is 16.6 Å². The molecule has 8 heteroatoms. The van der Waals surface area contributed by atoms with E-state index >= 15 is 0 Å². The van der Waals surface area contributed by atoms with Gasteiger partial charge in [-0.3, -0.25) is 4.72 Å². The molecule has 0 amide bonds. The molecule has 4 nitrogen and oxygen atoms in total. The minimum atomic E-state index is -3.90. The molecule has 0 aliphatic carbocycles. The van der Waals surface area contributed by atoms with E-state index in [-0.39, 0.29) is 16.9 Å². The number of anilines is 1. The lowest BCUT2D eigenvalue weighted by atomic mass is 10.2. The van der Waals surface area contributed by atoms with Crippen molar-refractivity contribution in [3.05, 3.63) is 28.2 Å². The summed E-state index contributed by atoms with van der Waals surface area (Å²) in [5, 5.41) is 0. The summed E-state index contributed by atoms with van der Waals surface area (Å²) in [7, 11) is -3.90. The minimum absolute atomic E-state index is 0.0712. The molecule has 0 saturated carbocycles. The van der Waals surface area contributed by atoms with E-state index in [4.69, 9.17) is 0 Å². The Morgan fingerprint density at radius 3 is 2.44 bits per heavy atom. The Bertz CT molecular complexity index is 535. The first-order valence-electron chi connectivity index (χ1n) is 5.13. The fourth-order valence-corrected chi connectivity index (χ4v) is 2.44. The van der Waals surface area contributed by atoms with Crippen LogP contribution in [0.1, 0.15) is 13.8 Å². The van der Waals surface area contributed by atoms with Crippen molar-refractivity contribution in [3.8, 4) is 0 Å². The first kappa shape index (κ1) is 15.3. The molecular weight excluding hydrogens is 330 g/mol. The van der Waals surface area contributed by atoms with Crippen molar-refractivity contribution < 1.29 is 17.2 Å². The zero-order valence-corrected chi connectivity index (χ0v) is 12.2. The Balaban J connectivity index is 2.87. The molecule has 1 aromatic carbocycles. The Hall–Kier alpha value is -0.730. The molecule has 1 aromatic rings. The summed E-state index contributed by atoms with van der Waals surface area (Å²) in [6.07, 6.45) is 0. The van der Waals surface area contributed by atoms with Gasteiger partial charge in [0.25, 0.3) is 10.2 Å². The summed E-state index contributed by atoms with van der Waals surface area (Å²) in [5.74, 6) is -1.51. The molecule has 2 N–H and O–H groups in total. The highest BCUT2D eigenvalue weighted by molar-refractivity contribution is 9.10. The molecule has 0 spiro atoms. The molecule has 0 aliphatic rings. The second kappa shape index (κ2) is 5.94. The average molecular weight is 343 g/mol. The van der Waals surface area contributed by atoms with E-state index in [1.54, 1.807) is 0 Å². The molecule has 0 bridgehead atoms. The van der Waals surface area contributed by atoms with Crippen LogP contribution in [0.3, 0.4) is 0 Å². The predicted octanol–water partition coefficient (Wildman–Crippen LogP) is 2.63. The molecule has 0 aliphatic heterocycles. The van der Waals surface area contributed by atoms with E-state index in [1.807, 2.05) is 18.6 Å². The topological polar surface area (TPSA) is 58.2 Å². The third-order valence-electron chi connectivity index (χ3n) is 1.94. The molecule has 0 atom stereocenters. The summed E-state index contributed by atoms with van der Waals surface area (Å²) < 4.78 is 53.7. The lowest BCUT2D eigenvalue weighted by molar-refractivity contribution is 0.563. The van der Waals surface area contributed by atoms with E-state index < -0.39 is 27.5 Å². The first-order chi connectivity index (χ1) is 8.21. The van der Waals surface area contributed by atoms with E-state index in [0.717, 1.165) is 12.1 Å². The standard InChI is InChI=1S/C10H13BrF2N2O2S/c1-6(2)5-14-18(16,17)15-10-4-8(12)7(11)3-9(10)13/h3-4,6,14-15H,5H2,1-2H3. The lowest BCUT2D eigenvalue weighted by Gasteiger charge is -2.11. The molecule has 0 radical (unpaired) electrons. The fraction of sp³-hybridized carbons (Fsp3) is 0.400. The van der Waals surface area contributed by atoms with Crippen LogP contribution >= 0.6 is 15.9 Å². The van der Waals surface area contributed by atoms with Crippen molar-refractivity contribution in [3.63, 3.8) is 0 Å². The molecule has 0 aromatic heterocycles. The normalized spacial score (nSPS) is 11.9. The molecule has 0 fully saturated rings. The first-order valence-corrected chi connectivity index (χ1v) is 7.41. The van der Waals surface area contributed by atoms with Gasteiger partial charge in [0.15, 0.2) is 0 Å². The number of hydrogen-bond acceptors (Lipinski definition) is 2. The van der Waals surface area contributed by atoms with Gasteiger partial charge < -0.3 is 0 Å². The Morgan fingerprint density at radius 2 is 1.89 bits per heavy atom. The van der Waals surface area contributed by atoms with Crippen molar-refractivity contribution in [2.75, 3.05) is 11.3 Å². The van der Waals surface area contributed by atoms with Gasteiger partial charge in [0, 0.05) is 12.6 Å². The van der Waals surface area contributed by atoms with Crippen LogP contribution < -0.4 is 9.44 Å². The molecule has 0 saturated heterocycles. The summed E-state index contributed by atoms with van der Waals surface area (Å²) in [6.45, 7) is 3.85. The number of nitrogens with one attached hydrogen (secondary N) is 2. The molecule has 18 heavy (non-hydrogen) atoms. The number of rotatable bonds is 5. The molecule has 1 rings (SSSR count). The Kier molecular flexibility index (Phi) is 5.06. The van der Waals surface area contributed by atoms with Crippen LogP contribution in [0, 0.1) is 17.6 Å². The second-order valence-corrected chi connectivity index (χ2v) is 6.45. The smallest absolute Gasteiger partial charge is 0.268 e. The van der Waals surface area contributed by atoms with E-state index in [1.165, 1.54) is 0 Å². The van der Waals surface area contributed by atoms with Gasteiger partial charge >= 0.3 is 0 Å². The van der Waals surface area contributed by atoms with Gasteiger partial charge in [0.2, 0.25) is 0 Å². The van der Waals surface area contributed by atoms with Gasteiger partial charge in [0.1, 0.15) is 11.6 Å². The number of halogens is 3. The zero-order valence-electron chi connectivity index (χ0n) is 9.80. The van der Waals surface area contributed by atoms with Crippen molar-refractivity contribution in [2.45, 2.75) is 13.8 Å². The largest absolute Gasteiger partial charge is 0.299 e. The SMILES string of the molecule is CC(C)CNS(=O)(=O)Nc1cc(F)c(Br)cc1F. The maximum atomic E-state index is 13.4. The summed E-state index contributed by atoms with van der Waals surface area (Å²) in [6, 6.07) is 1.63. The lowest BCUT2D eigenvalue weighted by Crippen LogP contribution is -2.33. The van der Waals surface area contributed by atoms with Crippen LogP contribution in [-0.4, -0.2) is 15.0 Å². The van der Waals surface area contributed by atoms with Gasteiger partial charge in [-0.2, -0.15) is 13.1 Å². The maximum absolute atomic E-state index is 13.4. The zero-order chi connectivity index (χ0) is 13.9. The highest BCUT2D eigenvalue weighted by atomic mass is 79.9. The summed E-state index contributed by atoms with van der Waals surface area (Å²) >= 11 is 2.80. The van der Waals surface area contributed by atoms with Crippen LogP contribution in [0.4, 0.5) is 14.5 Å². The van der Waals surface area contributed by atoms with Gasteiger partial charge in [-0.05, 0) is 27.9 Å². The average Bonchev–Trinajstić information content (AvgIpc) is 2.23. The third-order valence-corrected chi connectivity index (χ3v) is 3.58. The van der Waals surface area contributed by atoms with E-state index in [2.05, 4.69) is 20.7 Å². The minimum Gasteiger partial charge on any atom is -0.268 e. The van der Waals surface area contributed by atoms with E-state index in [0.29, 0.717) is 0 Å². The van der Waals surface area contributed by atoms with Gasteiger partial charge in [-0.1, -0.05) is 13.8 Å². The second-order valence-electron chi connectivity index (χ2n) is 4.09. The highest BCUT2D eigenvalue weighted by Crippen LogP contribution is 2.23. The highest BCUT2D eigenvalue weighted by Gasteiger charge is 2.15. The van der Waals surface area contributed by atoms with Crippen LogP contribution in [0.2, 0.25) is 0 Å². The van der Waals surface area contributed by atoms with Crippen LogP contribution in [0.5, 0.6) is 0 Å². The Labute approximate surface area is 113 Å². The number of hydrogen-bond donors (Lipinski definition) is 2. The van der Waals surface area contributed by atoms with Crippen molar-refractivity contribution in [2.24, 2.45) is 5.92 Å². The van der Waals surface area contributed by atoms with Crippen LogP contribution in [0.25, 0.3) is 0 Å². The monoisotopic (exact) mass is 342 g/mol. The van der Waals surface area contributed by atoms with Crippen LogP contribution in [-0.2, 0) is 10.2 Å². The predicted molar refractivity (Wildman–Crippen MR) is 69.4 cm³/mol. The van der Waals surface area contributed by atoms with Crippen molar-refractivity contribution >= 4 is 31.8 Å². The molecule has 0 unspecified atom stereocenters. The van der Waals surface area contributed by atoms with Gasteiger partial charge in [0.05, 0.1) is 10.2 Å². The molecule has 0 heterocycles. The van der Waals surface area contributed by atoms with Crippen molar-refractivity contribution in [1.82, 2.24) is 4.72 Å². The van der Waals surface area contributed by atoms with Gasteiger partial charge in [-0.15, -0.1) is 0 Å². The quantitative estimate of drug-likeness (QED) is 0.808.